The van der Waals surface area contributed by atoms with Crippen molar-refractivity contribution in [1.29, 1.82) is 0 Å². The fourth-order valence-electron chi connectivity index (χ4n) is 4.99. The topological polar surface area (TPSA) is 34.5 Å². The van der Waals surface area contributed by atoms with E-state index in [2.05, 4.69) is 47.3 Å². The van der Waals surface area contributed by atoms with Crippen LogP contribution in [0.5, 0.6) is 0 Å². The molecule has 2 heterocycles. The van der Waals surface area contributed by atoms with Crippen molar-refractivity contribution >= 4 is 43.7 Å². The summed E-state index contributed by atoms with van der Waals surface area (Å²) in [6, 6.07) is 21.0. The molecule has 4 nitrogen and oxygen atoms in total. The monoisotopic (exact) mass is 522 g/mol. The van der Waals surface area contributed by atoms with Crippen molar-refractivity contribution in [3.63, 3.8) is 0 Å². The van der Waals surface area contributed by atoms with Gasteiger partial charge in [0.05, 0.1) is 5.52 Å². The van der Waals surface area contributed by atoms with Crippen LogP contribution in [0.4, 0.5) is 4.39 Å². The van der Waals surface area contributed by atoms with Crippen molar-refractivity contribution in [2.45, 2.75) is 18.8 Å². The van der Waals surface area contributed by atoms with Gasteiger partial charge in [-0.15, -0.1) is 9.24 Å². The molecule has 1 aliphatic heterocycles. The first-order valence-electron chi connectivity index (χ1n) is 12.0. The van der Waals surface area contributed by atoms with Gasteiger partial charge in [-0.1, -0.05) is 48.3 Å². The van der Waals surface area contributed by atoms with Crippen LogP contribution in [-0.4, -0.2) is 48.7 Å². The second-order valence-electron chi connectivity index (χ2n) is 8.87. The van der Waals surface area contributed by atoms with Crippen molar-refractivity contribution in [2.24, 2.45) is 0 Å². The molecule has 5 rings (SSSR count). The standard InChI is InChI=1S/C27H26FN2OPS.C2H6O/c1-33-29-15-3-4-20(16-29)27-25(19-9-7-18(17-31)8-10-19)26-23(5-2-6-24(26)32)30(27)22-13-11-21(28)12-14-22;1-3-2/h2,5-14,17,20H,3-4,15-16,32H2,1H3;1-2H3. The van der Waals surface area contributed by atoms with Gasteiger partial charge >= 0.3 is 0 Å². The van der Waals surface area contributed by atoms with Gasteiger partial charge in [-0.2, -0.15) is 0 Å². The zero-order chi connectivity index (χ0) is 25.7. The Bertz CT molecular complexity index is 1320. The maximum Gasteiger partial charge on any atom is 0.150 e. The average molecular weight is 523 g/mol. The first kappa shape index (κ1) is 26.6. The Hall–Kier alpha value is -2.50. The lowest BCUT2D eigenvalue weighted by Gasteiger charge is -2.32. The van der Waals surface area contributed by atoms with Crippen LogP contribution in [0.2, 0.25) is 0 Å². The molecule has 0 radical (unpaired) electrons. The lowest BCUT2D eigenvalue weighted by atomic mass is 9.89. The number of piperidine rings is 1. The first-order chi connectivity index (χ1) is 17.5. The van der Waals surface area contributed by atoms with Gasteiger partial charge in [-0.05, 0) is 60.3 Å². The molecule has 1 saturated heterocycles. The summed E-state index contributed by atoms with van der Waals surface area (Å²) in [5, 5.41) is 2.31. The Labute approximate surface area is 219 Å². The minimum atomic E-state index is -0.237. The predicted octanol–water partition coefficient (Wildman–Crippen LogP) is 6.47. The second kappa shape index (κ2) is 12.2. The maximum atomic E-state index is 13.8. The molecule has 1 fully saturated rings. The van der Waals surface area contributed by atoms with E-state index in [1.54, 1.807) is 26.2 Å². The van der Waals surface area contributed by atoms with Gasteiger partial charge in [0.2, 0.25) is 0 Å². The molecule has 2 atom stereocenters. The minimum absolute atomic E-state index is 0.237. The van der Waals surface area contributed by atoms with Crippen LogP contribution in [0.15, 0.2) is 66.7 Å². The third-order valence-electron chi connectivity index (χ3n) is 6.51. The summed E-state index contributed by atoms with van der Waals surface area (Å²) in [5.41, 5.74) is 6.29. The molecule has 4 aromatic rings. The summed E-state index contributed by atoms with van der Waals surface area (Å²) >= 11 is 1.80. The SMILES string of the molecule is COC.CSN1CCCC(c2c(-c3ccc(C=O)cc3)c3c(P)cccc3n2-c2ccc(F)cc2)C1. The van der Waals surface area contributed by atoms with Gasteiger partial charge in [-0.25, -0.2) is 4.39 Å². The third-order valence-corrected chi connectivity index (χ3v) is 7.84. The number of rotatable bonds is 5. The summed E-state index contributed by atoms with van der Waals surface area (Å²) in [7, 11) is 6.14. The average Bonchev–Trinajstić information content (AvgIpc) is 3.26. The highest BCUT2D eigenvalue weighted by Gasteiger charge is 2.30. The van der Waals surface area contributed by atoms with E-state index < -0.39 is 0 Å². The van der Waals surface area contributed by atoms with E-state index in [9.17, 15) is 9.18 Å². The summed E-state index contributed by atoms with van der Waals surface area (Å²) in [4.78, 5) is 11.3. The smallest absolute Gasteiger partial charge is 0.150 e. The van der Waals surface area contributed by atoms with Crippen LogP contribution < -0.4 is 5.30 Å². The normalized spacial score (nSPS) is 16.0. The number of ether oxygens (including phenoxy) is 1. The summed E-state index contributed by atoms with van der Waals surface area (Å²) in [6.07, 6.45) is 5.25. The van der Waals surface area contributed by atoms with Crippen LogP contribution >= 0.6 is 21.2 Å². The Kier molecular flexibility index (Phi) is 8.97. The number of carbonyl (C=O) groups is 1. The number of methoxy groups -OCH3 is 1. The highest BCUT2D eigenvalue weighted by molar-refractivity contribution is 7.96. The minimum Gasteiger partial charge on any atom is -0.388 e. The molecule has 188 valence electrons. The molecule has 0 N–H and O–H groups in total. The molecule has 36 heavy (non-hydrogen) atoms. The first-order valence-corrected chi connectivity index (χ1v) is 13.7. The van der Waals surface area contributed by atoms with Crippen LogP contribution in [-0.2, 0) is 4.74 Å². The van der Waals surface area contributed by atoms with E-state index in [0.29, 0.717) is 11.5 Å². The molecule has 0 spiro atoms. The van der Waals surface area contributed by atoms with Crippen molar-refractivity contribution in [2.75, 3.05) is 33.6 Å². The fourth-order valence-corrected chi connectivity index (χ4v) is 6.04. The Balaban J connectivity index is 0.000000967. The van der Waals surface area contributed by atoms with Crippen molar-refractivity contribution in [1.82, 2.24) is 8.87 Å². The molecule has 0 amide bonds. The largest absolute Gasteiger partial charge is 0.388 e. The number of hydrogen-bond donors (Lipinski definition) is 0. The van der Waals surface area contributed by atoms with Crippen molar-refractivity contribution < 1.29 is 13.9 Å². The third kappa shape index (κ3) is 5.42. The number of aldehydes is 1. The Morgan fingerprint density at radius 3 is 2.39 bits per heavy atom. The maximum absolute atomic E-state index is 13.8. The quantitative estimate of drug-likeness (QED) is 0.171. The number of benzene rings is 3. The van der Waals surface area contributed by atoms with Gasteiger partial charge in [0.25, 0.3) is 0 Å². The van der Waals surface area contributed by atoms with Gasteiger partial charge in [0, 0.05) is 61.1 Å². The molecular weight excluding hydrogens is 490 g/mol. The molecule has 0 saturated carbocycles. The van der Waals surface area contributed by atoms with Crippen LogP contribution in [0.25, 0.3) is 27.7 Å². The van der Waals surface area contributed by atoms with Gasteiger partial charge < -0.3 is 9.30 Å². The molecule has 3 aromatic carbocycles. The van der Waals surface area contributed by atoms with E-state index >= 15 is 0 Å². The van der Waals surface area contributed by atoms with Gasteiger partial charge in [0.1, 0.15) is 12.1 Å². The highest BCUT2D eigenvalue weighted by atomic mass is 32.2. The van der Waals surface area contributed by atoms with Crippen LogP contribution in [0.1, 0.15) is 34.8 Å². The van der Waals surface area contributed by atoms with E-state index in [1.807, 2.05) is 36.4 Å². The molecule has 7 heteroatoms. The van der Waals surface area contributed by atoms with E-state index in [1.165, 1.54) is 28.8 Å². The number of fused-ring (bicyclic) bond motifs is 1. The Morgan fingerprint density at radius 1 is 1.06 bits per heavy atom. The number of halogens is 1. The van der Waals surface area contributed by atoms with E-state index in [-0.39, 0.29) is 5.82 Å². The number of aromatic nitrogens is 1. The van der Waals surface area contributed by atoms with Crippen molar-refractivity contribution in [3.8, 4) is 16.8 Å². The molecule has 0 aliphatic carbocycles. The lowest BCUT2D eigenvalue weighted by Crippen LogP contribution is -2.30. The second-order valence-corrected chi connectivity index (χ2v) is 10.4. The predicted molar refractivity (Wildman–Crippen MR) is 153 cm³/mol. The van der Waals surface area contributed by atoms with Gasteiger partial charge in [-0.3, -0.25) is 9.10 Å². The summed E-state index contributed by atoms with van der Waals surface area (Å²) < 4.78 is 22.8. The number of carbonyl (C=O) groups excluding carboxylic acids is 1. The number of hydrogen-bond acceptors (Lipinski definition) is 4. The lowest BCUT2D eigenvalue weighted by molar-refractivity contribution is 0.112. The van der Waals surface area contributed by atoms with E-state index in [0.717, 1.165) is 54.3 Å². The molecule has 1 aliphatic rings. The molecule has 1 aromatic heterocycles. The van der Waals surface area contributed by atoms with Crippen LogP contribution in [0.3, 0.4) is 0 Å². The summed E-state index contributed by atoms with van der Waals surface area (Å²) in [5.74, 6) is 0.0909. The molecular formula is C29H32FN2O2PS. The van der Waals surface area contributed by atoms with Gasteiger partial charge in [0.15, 0.2) is 0 Å². The van der Waals surface area contributed by atoms with Crippen molar-refractivity contribution in [3.05, 3.63) is 83.8 Å². The summed E-state index contributed by atoms with van der Waals surface area (Å²) in [6.45, 7) is 2.05. The van der Waals surface area contributed by atoms with E-state index in [4.69, 9.17) is 0 Å². The zero-order valence-corrected chi connectivity index (χ0v) is 22.9. The molecule has 2 unspecified atom stereocenters. The fraction of sp³-hybridized carbons (Fsp3) is 0.276. The zero-order valence-electron chi connectivity index (χ0n) is 20.9. The van der Waals surface area contributed by atoms with Crippen LogP contribution in [0, 0.1) is 5.82 Å². The highest BCUT2D eigenvalue weighted by Crippen LogP contribution is 2.43. The molecule has 0 bridgehead atoms. The Morgan fingerprint density at radius 2 is 1.75 bits per heavy atom. The number of nitrogens with zero attached hydrogens (tertiary/aromatic N) is 2.